The van der Waals surface area contributed by atoms with Crippen molar-refractivity contribution in [2.24, 2.45) is 23.7 Å². The molecule has 0 aromatic heterocycles. The van der Waals surface area contributed by atoms with E-state index in [1.165, 1.54) is 0 Å². The van der Waals surface area contributed by atoms with E-state index in [2.05, 4.69) is 10.6 Å². The van der Waals surface area contributed by atoms with Crippen molar-refractivity contribution in [3.63, 3.8) is 0 Å². The van der Waals surface area contributed by atoms with Crippen molar-refractivity contribution < 1.29 is 18.0 Å². The Balaban J connectivity index is 0.00000220. The summed E-state index contributed by atoms with van der Waals surface area (Å²) in [6.45, 7) is 4.20. The quantitative estimate of drug-likeness (QED) is 0.833. The van der Waals surface area contributed by atoms with Gasteiger partial charge in [0, 0.05) is 12.5 Å². The summed E-state index contributed by atoms with van der Waals surface area (Å²) in [5.41, 5.74) is 0. The van der Waals surface area contributed by atoms with Gasteiger partial charge in [-0.25, -0.2) is 0 Å². The van der Waals surface area contributed by atoms with E-state index in [9.17, 15) is 18.0 Å². The number of nitrogens with one attached hydrogen (secondary N) is 2. The summed E-state index contributed by atoms with van der Waals surface area (Å²) in [5, 5.41) is 6.04. The van der Waals surface area contributed by atoms with Crippen LogP contribution in [0.1, 0.15) is 32.6 Å². The molecular weight excluding hydrogens is 305 g/mol. The number of halogens is 4. The minimum atomic E-state index is -4.06. The van der Waals surface area contributed by atoms with Gasteiger partial charge in [0.15, 0.2) is 0 Å². The highest BCUT2D eigenvalue weighted by molar-refractivity contribution is 5.85. The molecule has 1 saturated heterocycles. The second kappa shape index (κ2) is 7.68. The van der Waals surface area contributed by atoms with E-state index < -0.39 is 12.1 Å². The van der Waals surface area contributed by atoms with Crippen LogP contribution in [0.4, 0.5) is 13.2 Å². The molecule has 3 nitrogen and oxygen atoms in total. The summed E-state index contributed by atoms with van der Waals surface area (Å²) in [4.78, 5) is 11.9. The van der Waals surface area contributed by atoms with Crippen LogP contribution in [0.15, 0.2) is 0 Å². The molecule has 2 rings (SSSR count). The molecule has 7 heteroatoms. The molecular formula is C14H24ClF3N2O. The highest BCUT2D eigenvalue weighted by atomic mass is 35.5. The summed E-state index contributed by atoms with van der Waals surface area (Å²) < 4.78 is 37.6. The Kier molecular flexibility index (Phi) is 6.78. The number of amides is 1. The van der Waals surface area contributed by atoms with Gasteiger partial charge in [0.05, 0.1) is 5.92 Å². The first kappa shape index (κ1) is 18.6. The molecule has 0 aromatic carbocycles. The number of rotatable bonds is 4. The lowest BCUT2D eigenvalue weighted by Crippen LogP contribution is -2.50. The van der Waals surface area contributed by atoms with Crippen molar-refractivity contribution in [2.75, 3.05) is 19.6 Å². The topological polar surface area (TPSA) is 41.1 Å². The van der Waals surface area contributed by atoms with E-state index in [0.29, 0.717) is 25.3 Å². The van der Waals surface area contributed by atoms with Gasteiger partial charge in [0.1, 0.15) is 0 Å². The summed E-state index contributed by atoms with van der Waals surface area (Å²) >= 11 is 0. The van der Waals surface area contributed by atoms with Gasteiger partial charge in [-0.2, -0.15) is 13.2 Å². The molecule has 0 spiro atoms. The lowest BCUT2D eigenvalue weighted by Gasteiger charge is -2.33. The fraction of sp³-hybridized carbons (Fsp3) is 0.929. The molecule has 1 unspecified atom stereocenters. The monoisotopic (exact) mass is 328 g/mol. The first-order valence-electron chi connectivity index (χ1n) is 7.43. The number of alkyl halides is 3. The molecule has 1 saturated carbocycles. The van der Waals surface area contributed by atoms with Crippen LogP contribution >= 0.6 is 12.4 Å². The van der Waals surface area contributed by atoms with Crippen LogP contribution in [0.25, 0.3) is 0 Å². The van der Waals surface area contributed by atoms with Gasteiger partial charge < -0.3 is 10.6 Å². The third kappa shape index (κ3) is 5.02. The van der Waals surface area contributed by atoms with E-state index in [4.69, 9.17) is 0 Å². The van der Waals surface area contributed by atoms with Crippen molar-refractivity contribution in [3.8, 4) is 0 Å². The first-order valence-corrected chi connectivity index (χ1v) is 7.43. The van der Waals surface area contributed by atoms with Gasteiger partial charge in [-0.3, -0.25) is 4.79 Å². The Bertz CT molecular complexity index is 340. The zero-order valence-corrected chi connectivity index (χ0v) is 13.0. The lowest BCUT2D eigenvalue weighted by molar-refractivity contribution is -0.183. The molecule has 1 amide bonds. The van der Waals surface area contributed by atoms with E-state index in [1.807, 2.05) is 6.92 Å². The molecule has 0 bridgehead atoms. The average Bonchev–Trinajstić information content (AvgIpc) is 2.33. The van der Waals surface area contributed by atoms with Crippen molar-refractivity contribution in [1.29, 1.82) is 0 Å². The van der Waals surface area contributed by atoms with Gasteiger partial charge >= 0.3 is 6.18 Å². The van der Waals surface area contributed by atoms with E-state index >= 15 is 0 Å². The highest BCUT2D eigenvalue weighted by Gasteiger charge is 2.41. The SMILES string of the molecule is CC(C(=O)NCC1CCC(C(F)(F)F)CC1)C1CNC1.Cl. The zero-order chi connectivity index (χ0) is 14.8. The molecule has 2 N–H and O–H groups in total. The standard InChI is InChI=1S/C14H23F3N2O.ClH/c1-9(11-7-18-8-11)13(20)19-6-10-2-4-12(5-3-10)14(15,16)17;/h9-12,18H,2-8H2,1H3,(H,19,20);1H. The maximum Gasteiger partial charge on any atom is 0.391 e. The molecule has 2 aliphatic rings. The van der Waals surface area contributed by atoms with Crippen LogP contribution < -0.4 is 10.6 Å². The predicted molar refractivity (Wildman–Crippen MR) is 77.3 cm³/mol. The fourth-order valence-electron chi connectivity index (χ4n) is 2.98. The largest absolute Gasteiger partial charge is 0.391 e. The van der Waals surface area contributed by atoms with Crippen LogP contribution in [0, 0.1) is 23.7 Å². The Hall–Kier alpha value is -0.490. The van der Waals surface area contributed by atoms with Crippen molar-refractivity contribution in [3.05, 3.63) is 0 Å². The minimum Gasteiger partial charge on any atom is -0.356 e. The molecule has 1 aliphatic carbocycles. The summed E-state index contributed by atoms with van der Waals surface area (Å²) in [5.74, 6) is -0.521. The Morgan fingerprint density at radius 2 is 1.81 bits per heavy atom. The highest BCUT2D eigenvalue weighted by Crippen LogP contribution is 2.39. The normalized spacial score (nSPS) is 28.2. The van der Waals surface area contributed by atoms with Crippen molar-refractivity contribution in [2.45, 2.75) is 38.8 Å². The van der Waals surface area contributed by atoms with Crippen LogP contribution in [-0.2, 0) is 4.79 Å². The zero-order valence-electron chi connectivity index (χ0n) is 12.2. The van der Waals surface area contributed by atoms with Crippen LogP contribution in [-0.4, -0.2) is 31.7 Å². The predicted octanol–water partition coefficient (Wildman–Crippen LogP) is 2.75. The second-order valence-electron chi connectivity index (χ2n) is 6.21. The smallest absolute Gasteiger partial charge is 0.356 e. The van der Waals surface area contributed by atoms with Gasteiger partial charge in [-0.1, -0.05) is 6.92 Å². The van der Waals surface area contributed by atoms with Gasteiger partial charge in [-0.15, -0.1) is 12.4 Å². The molecule has 2 fully saturated rings. The summed E-state index contributed by atoms with van der Waals surface area (Å²) in [7, 11) is 0. The Morgan fingerprint density at radius 1 is 1.24 bits per heavy atom. The first-order chi connectivity index (χ1) is 9.38. The second-order valence-corrected chi connectivity index (χ2v) is 6.21. The number of hydrogen-bond acceptors (Lipinski definition) is 2. The van der Waals surface area contributed by atoms with Gasteiger partial charge in [0.25, 0.3) is 0 Å². The molecule has 21 heavy (non-hydrogen) atoms. The molecule has 1 atom stereocenters. The number of carbonyl (C=O) groups is 1. The number of hydrogen-bond donors (Lipinski definition) is 2. The van der Waals surface area contributed by atoms with Crippen LogP contribution in [0.2, 0.25) is 0 Å². The fourth-order valence-corrected chi connectivity index (χ4v) is 2.98. The molecule has 0 aromatic rings. The van der Waals surface area contributed by atoms with Crippen LogP contribution in [0.5, 0.6) is 0 Å². The van der Waals surface area contributed by atoms with Crippen molar-refractivity contribution >= 4 is 18.3 Å². The van der Waals surface area contributed by atoms with E-state index in [1.54, 1.807) is 0 Å². The Labute approximate surface area is 129 Å². The van der Waals surface area contributed by atoms with Gasteiger partial charge in [0.2, 0.25) is 5.91 Å². The third-order valence-electron chi connectivity index (χ3n) is 4.81. The Morgan fingerprint density at radius 3 is 2.24 bits per heavy atom. The molecule has 1 aliphatic heterocycles. The lowest BCUT2D eigenvalue weighted by atomic mass is 9.81. The van der Waals surface area contributed by atoms with E-state index in [-0.39, 0.29) is 43.0 Å². The van der Waals surface area contributed by atoms with Crippen LogP contribution in [0.3, 0.4) is 0 Å². The minimum absolute atomic E-state index is 0. The maximum absolute atomic E-state index is 12.5. The number of carbonyl (C=O) groups excluding carboxylic acids is 1. The summed E-state index contributed by atoms with van der Waals surface area (Å²) in [6.07, 6.45) is -2.54. The third-order valence-corrected chi connectivity index (χ3v) is 4.81. The van der Waals surface area contributed by atoms with Crippen molar-refractivity contribution in [1.82, 2.24) is 10.6 Å². The summed E-state index contributed by atoms with van der Waals surface area (Å²) in [6, 6.07) is 0. The maximum atomic E-state index is 12.5. The molecule has 0 radical (unpaired) electrons. The average molecular weight is 329 g/mol. The van der Waals surface area contributed by atoms with E-state index in [0.717, 1.165) is 13.1 Å². The molecule has 124 valence electrons. The van der Waals surface area contributed by atoms with Gasteiger partial charge in [-0.05, 0) is 50.6 Å². The molecule has 1 heterocycles.